The Bertz CT molecular complexity index is 811. The fourth-order valence-corrected chi connectivity index (χ4v) is 3.43. The van der Waals surface area contributed by atoms with Crippen LogP contribution in [0.5, 0.6) is 5.75 Å². The lowest BCUT2D eigenvalue weighted by molar-refractivity contribution is -0.114. The van der Waals surface area contributed by atoms with Gasteiger partial charge in [0.05, 0.1) is 13.2 Å². The average Bonchev–Trinajstić information content (AvgIpc) is 3.07. The molecule has 0 saturated carbocycles. The summed E-state index contributed by atoms with van der Waals surface area (Å²) in [5.74, 6) is 0.748. The first-order valence-corrected chi connectivity index (χ1v) is 10.8. The number of likely N-dealkylation sites (tertiary alicyclic amines) is 1. The summed E-state index contributed by atoms with van der Waals surface area (Å²) in [6.45, 7) is 4.57. The number of nitrogens with one attached hydrogen (secondary N) is 2. The van der Waals surface area contributed by atoms with Crippen LogP contribution >= 0.6 is 0 Å². The van der Waals surface area contributed by atoms with Gasteiger partial charge in [-0.25, -0.2) is 0 Å². The van der Waals surface area contributed by atoms with Gasteiger partial charge in [-0.05, 0) is 67.8 Å². The van der Waals surface area contributed by atoms with Gasteiger partial charge in [0.2, 0.25) is 5.91 Å². The lowest BCUT2D eigenvalue weighted by Crippen LogP contribution is -2.31. The van der Waals surface area contributed by atoms with Gasteiger partial charge >= 0.3 is 0 Å². The number of rotatable bonds is 8. The van der Waals surface area contributed by atoms with Crippen molar-refractivity contribution in [2.75, 3.05) is 36.9 Å². The van der Waals surface area contributed by atoms with Gasteiger partial charge in [-0.2, -0.15) is 0 Å². The summed E-state index contributed by atoms with van der Waals surface area (Å²) in [5, 5.41) is 5.95. The van der Waals surface area contributed by atoms with Crippen molar-refractivity contribution in [2.45, 2.75) is 39.0 Å². The molecule has 6 nitrogen and oxygen atoms in total. The van der Waals surface area contributed by atoms with Crippen LogP contribution in [0.25, 0.3) is 0 Å². The first kappa shape index (κ1) is 21.7. The average molecular weight is 410 g/mol. The Morgan fingerprint density at radius 3 is 2.17 bits per heavy atom. The second-order valence-corrected chi connectivity index (χ2v) is 7.56. The first-order valence-electron chi connectivity index (χ1n) is 10.8. The van der Waals surface area contributed by atoms with Gasteiger partial charge in [0.1, 0.15) is 5.75 Å². The normalized spacial score (nSPS) is 14.0. The maximum Gasteiger partial charge on any atom is 0.253 e. The Balaban J connectivity index is 1.46. The molecular weight excluding hydrogens is 378 g/mol. The summed E-state index contributed by atoms with van der Waals surface area (Å²) >= 11 is 0. The zero-order valence-electron chi connectivity index (χ0n) is 17.7. The van der Waals surface area contributed by atoms with E-state index in [2.05, 4.69) is 17.6 Å². The van der Waals surface area contributed by atoms with Gasteiger partial charge in [0.25, 0.3) is 5.91 Å². The highest BCUT2D eigenvalue weighted by Gasteiger charge is 2.17. The highest BCUT2D eigenvalue weighted by molar-refractivity contribution is 5.96. The Morgan fingerprint density at radius 1 is 0.900 bits per heavy atom. The molecule has 0 spiro atoms. The van der Waals surface area contributed by atoms with Gasteiger partial charge in [-0.15, -0.1) is 0 Å². The van der Waals surface area contributed by atoms with E-state index in [1.807, 2.05) is 29.2 Å². The van der Waals surface area contributed by atoms with E-state index in [4.69, 9.17) is 4.74 Å². The fourth-order valence-electron chi connectivity index (χ4n) is 3.43. The standard InChI is InChI=1S/C24H31N3O3/c1-2-17-30-22-13-11-20(12-14-22)25-18-23(28)26-21-9-7-19(8-10-21)24(29)27-15-5-3-4-6-16-27/h7-14,25H,2-6,15-18H2,1H3,(H,26,28). The van der Waals surface area contributed by atoms with Crippen LogP contribution in [0.15, 0.2) is 48.5 Å². The molecule has 6 heteroatoms. The molecular formula is C24H31N3O3. The minimum absolute atomic E-state index is 0.0720. The van der Waals surface area contributed by atoms with Crippen molar-refractivity contribution in [3.8, 4) is 5.75 Å². The monoisotopic (exact) mass is 409 g/mol. The number of amides is 2. The second-order valence-electron chi connectivity index (χ2n) is 7.56. The van der Waals surface area contributed by atoms with Gasteiger partial charge in [-0.3, -0.25) is 9.59 Å². The predicted molar refractivity (Wildman–Crippen MR) is 120 cm³/mol. The molecule has 2 amide bonds. The van der Waals surface area contributed by atoms with E-state index in [1.165, 1.54) is 12.8 Å². The quantitative estimate of drug-likeness (QED) is 0.671. The number of carbonyl (C=O) groups is 2. The van der Waals surface area contributed by atoms with E-state index < -0.39 is 0 Å². The van der Waals surface area contributed by atoms with Crippen LogP contribution < -0.4 is 15.4 Å². The molecule has 2 aromatic rings. The van der Waals surface area contributed by atoms with Crippen LogP contribution in [0.3, 0.4) is 0 Å². The third-order valence-corrected chi connectivity index (χ3v) is 5.09. The van der Waals surface area contributed by atoms with E-state index in [-0.39, 0.29) is 18.4 Å². The molecule has 0 bridgehead atoms. The summed E-state index contributed by atoms with van der Waals surface area (Å²) in [6.07, 6.45) is 5.50. The van der Waals surface area contributed by atoms with E-state index in [0.717, 1.165) is 43.8 Å². The molecule has 30 heavy (non-hydrogen) atoms. The minimum atomic E-state index is -0.145. The molecule has 1 saturated heterocycles. The molecule has 2 N–H and O–H groups in total. The van der Waals surface area contributed by atoms with Crippen molar-refractivity contribution in [2.24, 2.45) is 0 Å². The van der Waals surface area contributed by atoms with Gasteiger partial charge in [0.15, 0.2) is 0 Å². The molecule has 1 aliphatic rings. The van der Waals surface area contributed by atoms with E-state index in [1.54, 1.807) is 24.3 Å². The Hall–Kier alpha value is -3.02. The first-order chi connectivity index (χ1) is 14.7. The van der Waals surface area contributed by atoms with Crippen molar-refractivity contribution in [3.63, 3.8) is 0 Å². The van der Waals surface area contributed by atoms with E-state index in [0.29, 0.717) is 17.9 Å². The highest BCUT2D eigenvalue weighted by Crippen LogP contribution is 2.17. The number of anilines is 2. The van der Waals surface area contributed by atoms with Gasteiger partial charge in [0, 0.05) is 30.0 Å². The molecule has 1 aliphatic heterocycles. The van der Waals surface area contributed by atoms with Crippen molar-refractivity contribution in [3.05, 3.63) is 54.1 Å². The molecule has 0 unspecified atom stereocenters. The highest BCUT2D eigenvalue weighted by atomic mass is 16.5. The molecule has 2 aromatic carbocycles. The molecule has 0 atom stereocenters. The minimum Gasteiger partial charge on any atom is -0.494 e. The molecule has 1 fully saturated rings. The number of benzene rings is 2. The summed E-state index contributed by atoms with van der Waals surface area (Å²) in [6, 6.07) is 14.7. The lowest BCUT2D eigenvalue weighted by Gasteiger charge is -2.20. The number of carbonyl (C=O) groups excluding carboxylic acids is 2. The smallest absolute Gasteiger partial charge is 0.253 e. The van der Waals surface area contributed by atoms with Crippen LogP contribution in [-0.4, -0.2) is 43.0 Å². The summed E-state index contributed by atoms with van der Waals surface area (Å²) in [4.78, 5) is 26.8. The van der Waals surface area contributed by atoms with Crippen LogP contribution in [0.2, 0.25) is 0 Å². The Labute approximate surface area is 178 Å². The number of hydrogen-bond acceptors (Lipinski definition) is 4. The van der Waals surface area contributed by atoms with Crippen LogP contribution in [0.4, 0.5) is 11.4 Å². The van der Waals surface area contributed by atoms with Gasteiger partial charge in [-0.1, -0.05) is 19.8 Å². The predicted octanol–water partition coefficient (Wildman–Crippen LogP) is 4.54. The lowest BCUT2D eigenvalue weighted by atomic mass is 10.1. The van der Waals surface area contributed by atoms with Crippen LogP contribution in [0, 0.1) is 0 Å². The van der Waals surface area contributed by atoms with Crippen LogP contribution in [0.1, 0.15) is 49.4 Å². The van der Waals surface area contributed by atoms with Crippen molar-refractivity contribution in [1.29, 1.82) is 0 Å². The summed E-state index contributed by atoms with van der Waals surface area (Å²) < 4.78 is 5.55. The molecule has 0 radical (unpaired) electrons. The topological polar surface area (TPSA) is 70.7 Å². The molecule has 0 aliphatic carbocycles. The molecule has 160 valence electrons. The van der Waals surface area contributed by atoms with E-state index >= 15 is 0 Å². The van der Waals surface area contributed by atoms with E-state index in [9.17, 15) is 9.59 Å². The zero-order chi connectivity index (χ0) is 21.2. The third-order valence-electron chi connectivity index (χ3n) is 5.09. The third kappa shape index (κ3) is 6.51. The van der Waals surface area contributed by atoms with Gasteiger partial charge < -0.3 is 20.3 Å². The number of hydrogen-bond donors (Lipinski definition) is 2. The molecule has 0 aromatic heterocycles. The number of nitrogens with zero attached hydrogens (tertiary/aromatic N) is 1. The molecule has 3 rings (SSSR count). The zero-order valence-corrected chi connectivity index (χ0v) is 17.7. The SMILES string of the molecule is CCCOc1ccc(NCC(=O)Nc2ccc(C(=O)N3CCCCCC3)cc2)cc1. The Kier molecular flexibility index (Phi) is 8.12. The summed E-state index contributed by atoms with van der Waals surface area (Å²) in [7, 11) is 0. The molecule has 1 heterocycles. The number of ether oxygens (including phenoxy) is 1. The van der Waals surface area contributed by atoms with Crippen molar-refractivity contribution in [1.82, 2.24) is 4.90 Å². The second kappa shape index (κ2) is 11.2. The van der Waals surface area contributed by atoms with Crippen molar-refractivity contribution < 1.29 is 14.3 Å². The van der Waals surface area contributed by atoms with Crippen molar-refractivity contribution >= 4 is 23.2 Å². The Morgan fingerprint density at radius 2 is 1.53 bits per heavy atom. The fraction of sp³-hybridized carbons (Fsp3) is 0.417. The maximum absolute atomic E-state index is 12.6. The maximum atomic E-state index is 12.6. The van der Waals surface area contributed by atoms with Crippen LogP contribution in [-0.2, 0) is 4.79 Å². The summed E-state index contributed by atoms with van der Waals surface area (Å²) in [5.41, 5.74) is 2.20. The largest absolute Gasteiger partial charge is 0.494 e.